The van der Waals surface area contributed by atoms with Gasteiger partial charge >= 0.3 is 5.97 Å². The molecule has 1 unspecified atom stereocenters. The van der Waals surface area contributed by atoms with Crippen LogP contribution in [0, 0.1) is 6.92 Å². The molecule has 0 aliphatic carbocycles. The summed E-state index contributed by atoms with van der Waals surface area (Å²) in [5.41, 5.74) is 1.57. The molecule has 0 radical (unpaired) electrons. The van der Waals surface area contributed by atoms with Crippen LogP contribution in [0.3, 0.4) is 0 Å². The Morgan fingerprint density at radius 2 is 2.10 bits per heavy atom. The lowest BCUT2D eigenvalue weighted by atomic mass is 10.2. The van der Waals surface area contributed by atoms with E-state index in [1.54, 1.807) is 12.1 Å². The summed E-state index contributed by atoms with van der Waals surface area (Å²) in [6, 6.07) is 6.37. The van der Waals surface area contributed by atoms with Crippen molar-refractivity contribution in [3.05, 3.63) is 29.8 Å². The third-order valence-electron chi connectivity index (χ3n) is 3.35. The van der Waals surface area contributed by atoms with E-state index in [2.05, 4.69) is 5.32 Å². The van der Waals surface area contributed by atoms with E-state index in [9.17, 15) is 14.4 Å². The van der Waals surface area contributed by atoms with Gasteiger partial charge < -0.3 is 15.3 Å². The van der Waals surface area contributed by atoms with Gasteiger partial charge in [-0.05, 0) is 25.0 Å². The predicted molar refractivity (Wildman–Crippen MR) is 72.2 cm³/mol. The van der Waals surface area contributed by atoms with Gasteiger partial charge in [0.05, 0.1) is 0 Å². The second kappa shape index (κ2) is 5.73. The summed E-state index contributed by atoms with van der Waals surface area (Å²) in [7, 11) is 0. The number of rotatable bonds is 4. The number of amides is 2. The van der Waals surface area contributed by atoms with Gasteiger partial charge in [0.25, 0.3) is 0 Å². The van der Waals surface area contributed by atoms with Gasteiger partial charge in [-0.3, -0.25) is 9.59 Å². The van der Waals surface area contributed by atoms with Crippen molar-refractivity contribution >= 4 is 23.5 Å². The van der Waals surface area contributed by atoms with Gasteiger partial charge in [-0.15, -0.1) is 0 Å². The number of benzene rings is 1. The number of carboxylic acids is 1. The van der Waals surface area contributed by atoms with Crippen molar-refractivity contribution < 1.29 is 19.5 Å². The van der Waals surface area contributed by atoms with Crippen molar-refractivity contribution in [3.63, 3.8) is 0 Å². The fourth-order valence-corrected chi connectivity index (χ4v) is 2.25. The van der Waals surface area contributed by atoms with Crippen LogP contribution in [0.25, 0.3) is 0 Å². The average molecular weight is 276 g/mol. The van der Waals surface area contributed by atoms with Crippen molar-refractivity contribution in [2.75, 3.05) is 11.9 Å². The minimum absolute atomic E-state index is 0.175. The normalized spacial score (nSPS) is 18.1. The number of para-hydroxylation sites is 1. The van der Waals surface area contributed by atoms with Crippen LogP contribution in [-0.4, -0.2) is 40.4 Å². The third kappa shape index (κ3) is 2.96. The molecule has 1 atom stereocenters. The van der Waals surface area contributed by atoms with Gasteiger partial charge in [-0.25, -0.2) is 4.79 Å². The van der Waals surface area contributed by atoms with E-state index in [1.165, 1.54) is 0 Å². The Balaban J connectivity index is 2.02. The van der Waals surface area contributed by atoms with Gasteiger partial charge in [0.2, 0.25) is 11.8 Å². The Labute approximate surface area is 116 Å². The monoisotopic (exact) mass is 276 g/mol. The van der Waals surface area contributed by atoms with Crippen LogP contribution in [0.1, 0.15) is 18.4 Å². The summed E-state index contributed by atoms with van der Waals surface area (Å²) in [5.74, 6) is -1.75. The maximum absolute atomic E-state index is 11.9. The maximum Gasteiger partial charge on any atom is 0.326 e. The smallest absolute Gasteiger partial charge is 0.326 e. The molecule has 2 N–H and O–H groups in total. The van der Waals surface area contributed by atoms with E-state index < -0.39 is 12.0 Å². The number of aliphatic carboxylic acids is 1. The number of carboxylic acid groups (broad SMARTS) is 1. The molecule has 0 bridgehead atoms. The first-order valence-corrected chi connectivity index (χ1v) is 6.37. The molecular weight excluding hydrogens is 260 g/mol. The number of aryl methyl sites for hydroxylation is 1. The average Bonchev–Trinajstić information content (AvgIpc) is 2.74. The molecule has 1 aromatic rings. The van der Waals surface area contributed by atoms with Crippen molar-refractivity contribution in [1.29, 1.82) is 0 Å². The zero-order valence-corrected chi connectivity index (χ0v) is 11.1. The number of likely N-dealkylation sites (tertiary alicyclic amines) is 1. The number of hydrogen-bond acceptors (Lipinski definition) is 3. The fourth-order valence-electron chi connectivity index (χ4n) is 2.25. The molecule has 1 saturated heterocycles. The lowest BCUT2D eigenvalue weighted by molar-refractivity contribution is -0.147. The molecule has 1 fully saturated rings. The highest BCUT2D eigenvalue weighted by molar-refractivity contribution is 5.97. The SMILES string of the molecule is Cc1ccccc1NC(=O)CN1C(=O)CCC1C(=O)O. The number of hydrogen-bond donors (Lipinski definition) is 2. The number of nitrogens with zero attached hydrogens (tertiary/aromatic N) is 1. The van der Waals surface area contributed by atoms with E-state index >= 15 is 0 Å². The Kier molecular flexibility index (Phi) is 4.02. The van der Waals surface area contributed by atoms with Gasteiger partial charge in [0, 0.05) is 12.1 Å². The highest BCUT2D eigenvalue weighted by atomic mass is 16.4. The molecule has 0 saturated carbocycles. The number of carbonyl (C=O) groups excluding carboxylic acids is 2. The van der Waals surface area contributed by atoms with E-state index in [1.807, 2.05) is 19.1 Å². The van der Waals surface area contributed by atoms with E-state index in [-0.39, 0.29) is 31.2 Å². The molecule has 20 heavy (non-hydrogen) atoms. The summed E-state index contributed by atoms with van der Waals surface area (Å²) in [6.07, 6.45) is 0.431. The largest absolute Gasteiger partial charge is 0.480 e. The fraction of sp³-hybridized carbons (Fsp3) is 0.357. The summed E-state index contributed by atoms with van der Waals surface area (Å²) < 4.78 is 0. The maximum atomic E-state index is 11.9. The third-order valence-corrected chi connectivity index (χ3v) is 3.35. The molecule has 6 nitrogen and oxygen atoms in total. The number of nitrogens with one attached hydrogen (secondary N) is 1. The van der Waals surface area contributed by atoms with Gasteiger partial charge in [-0.1, -0.05) is 18.2 Å². The Hall–Kier alpha value is -2.37. The standard InChI is InChI=1S/C14H16N2O4/c1-9-4-2-3-5-10(9)15-12(17)8-16-11(14(19)20)6-7-13(16)18/h2-5,11H,6-8H2,1H3,(H,15,17)(H,19,20). The number of anilines is 1. The lowest BCUT2D eigenvalue weighted by Crippen LogP contribution is -2.43. The quantitative estimate of drug-likeness (QED) is 0.859. The predicted octanol–water partition coefficient (Wildman–Crippen LogP) is 1.01. The molecule has 0 spiro atoms. The highest BCUT2D eigenvalue weighted by Gasteiger charge is 2.36. The molecule has 1 aliphatic rings. The van der Waals surface area contributed by atoms with Crippen LogP contribution in [0.15, 0.2) is 24.3 Å². The van der Waals surface area contributed by atoms with Crippen LogP contribution in [-0.2, 0) is 14.4 Å². The van der Waals surface area contributed by atoms with Crippen LogP contribution >= 0.6 is 0 Å². The highest BCUT2D eigenvalue weighted by Crippen LogP contribution is 2.19. The van der Waals surface area contributed by atoms with Gasteiger partial charge in [-0.2, -0.15) is 0 Å². The Morgan fingerprint density at radius 1 is 1.40 bits per heavy atom. The van der Waals surface area contributed by atoms with Crippen LogP contribution in [0.2, 0.25) is 0 Å². The van der Waals surface area contributed by atoms with Crippen LogP contribution < -0.4 is 5.32 Å². The first kappa shape index (κ1) is 14.0. The van der Waals surface area contributed by atoms with Crippen LogP contribution in [0.4, 0.5) is 5.69 Å². The van der Waals surface area contributed by atoms with Gasteiger partial charge in [0.15, 0.2) is 0 Å². The summed E-state index contributed by atoms with van der Waals surface area (Å²) in [5, 5.41) is 11.7. The van der Waals surface area contributed by atoms with E-state index in [4.69, 9.17) is 5.11 Å². The van der Waals surface area contributed by atoms with Crippen molar-refractivity contribution in [3.8, 4) is 0 Å². The second-order valence-electron chi connectivity index (χ2n) is 4.78. The molecule has 2 rings (SSSR count). The van der Waals surface area contributed by atoms with Crippen LogP contribution in [0.5, 0.6) is 0 Å². The summed E-state index contributed by atoms with van der Waals surface area (Å²) in [6.45, 7) is 1.63. The molecule has 1 aliphatic heterocycles. The lowest BCUT2D eigenvalue weighted by Gasteiger charge is -2.21. The zero-order valence-electron chi connectivity index (χ0n) is 11.1. The van der Waals surface area contributed by atoms with Crippen molar-refractivity contribution in [1.82, 2.24) is 4.90 Å². The van der Waals surface area contributed by atoms with Gasteiger partial charge in [0.1, 0.15) is 12.6 Å². The molecule has 106 valence electrons. The Bertz CT molecular complexity index is 556. The molecule has 6 heteroatoms. The minimum atomic E-state index is -1.07. The zero-order chi connectivity index (χ0) is 14.7. The first-order chi connectivity index (χ1) is 9.49. The van der Waals surface area contributed by atoms with Crippen molar-refractivity contribution in [2.45, 2.75) is 25.8 Å². The first-order valence-electron chi connectivity index (χ1n) is 6.37. The summed E-state index contributed by atoms with van der Waals surface area (Å²) >= 11 is 0. The summed E-state index contributed by atoms with van der Waals surface area (Å²) in [4.78, 5) is 35.7. The second-order valence-corrected chi connectivity index (χ2v) is 4.78. The Morgan fingerprint density at radius 3 is 2.75 bits per heavy atom. The molecular formula is C14H16N2O4. The van der Waals surface area contributed by atoms with Crippen molar-refractivity contribution in [2.24, 2.45) is 0 Å². The van der Waals surface area contributed by atoms with E-state index in [0.29, 0.717) is 5.69 Å². The molecule has 1 heterocycles. The van der Waals surface area contributed by atoms with E-state index in [0.717, 1.165) is 10.5 Å². The molecule has 1 aromatic carbocycles. The molecule has 2 amide bonds. The minimum Gasteiger partial charge on any atom is -0.480 e. The number of carbonyl (C=O) groups is 3. The topological polar surface area (TPSA) is 86.7 Å². The molecule has 0 aromatic heterocycles.